The summed E-state index contributed by atoms with van der Waals surface area (Å²) in [6.45, 7) is 2.14. The molecule has 0 bridgehead atoms. The predicted octanol–water partition coefficient (Wildman–Crippen LogP) is 5.23. The van der Waals surface area contributed by atoms with Crippen LogP contribution >= 0.6 is 11.6 Å². The molecule has 0 atom stereocenters. The number of aromatic nitrogens is 2. The normalized spacial score (nSPS) is 10.9. The molecule has 28 heavy (non-hydrogen) atoms. The number of imidazole rings is 1. The van der Waals surface area contributed by atoms with E-state index in [1.54, 1.807) is 0 Å². The molecule has 1 N–H and O–H groups in total. The summed E-state index contributed by atoms with van der Waals surface area (Å²) < 4.78 is 1.97. The second-order valence-electron chi connectivity index (χ2n) is 6.80. The molecule has 0 saturated carbocycles. The molecule has 3 aromatic carbocycles. The van der Waals surface area contributed by atoms with Crippen molar-refractivity contribution in [1.82, 2.24) is 9.55 Å². The zero-order valence-electron chi connectivity index (χ0n) is 15.5. The largest absolute Gasteiger partial charge is 0.323 e. The van der Waals surface area contributed by atoms with E-state index >= 15 is 0 Å². The number of hydrogen-bond donors (Lipinski definition) is 1. The fourth-order valence-electron chi connectivity index (χ4n) is 3.27. The molecule has 4 rings (SSSR count). The fourth-order valence-corrected chi connectivity index (χ4v) is 3.55. The Kier molecular flexibility index (Phi) is 5.13. The molecule has 1 aromatic heterocycles. The van der Waals surface area contributed by atoms with E-state index in [0.29, 0.717) is 17.1 Å². The van der Waals surface area contributed by atoms with Crippen LogP contribution in [0.5, 0.6) is 0 Å². The Morgan fingerprint density at radius 1 is 1.04 bits per heavy atom. The van der Waals surface area contributed by atoms with Gasteiger partial charge in [-0.1, -0.05) is 60.1 Å². The molecule has 0 radical (unpaired) electrons. The standard InChI is InChI=1S/C23H20ClN3O/c1-16-11-12-19(18(24)13-16)26-23(28)15-27-21-10-6-5-9-20(21)25-22(27)14-17-7-3-2-4-8-17/h2-13H,14-15H2,1H3,(H,26,28). The number of amides is 1. The molecular formula is C23H20ClN3O. The van der Waals surface area contributed by atoms with Gasteiger partial charge in [0.05, 0.1) is 21.7 Å². The zero-order valence-corrected chi connectivity index (χ0v) is 16.3. The Labute approximate surface area is 168 Å². The summed E-state index contributed by atoms with van der Waals surface area (Å²) in [6.07, 6.45) is 0.661. The van der Waals surface area contributed by atoms with Gasteiger partial charge in [0, 0.05) is 6.42 Å². The molecule has 0 aliphatic rings. The minimum absolute atomic E-state index is 0.136. The van der Waals surface area contributed by atoms with Crippen molar-refractivity contribution in [3.05, 3.63) is 94.8 Å². The van der Waals surface area contributed by atoms with Gasteiger partial charge in [-0.3, -0.25) is 4.79 Å². The number of carbonyl (C=O) groups excluding carboxylic acids is 1. The molecule has 5 heteroatoms. The molecule has 0 aliphatic carbocycles. The van der Waals surface area contributed by atoms with E-state index in [9.17, 15) is 4.79 Å². The Balaban J connectivity index is 1.63. The van der Waals surface area contributed by atoms with Gasteiger partial charge < -0.3 is 9.88 Å². The van der Waals surface area contributed by atoms with Crippen LogP contribution in [-0.2, 0) is 17.8 Å². The number of hydrogen-bond acceptors (Lipinski definition) is 2. The van der Waals surface area contributed by atoms with E-state index < -0.39 is 0 Å². The molecule has 1 amide bonds. The highest BCUT2D eigenvalue weighted by atomic mass is 35.5. The summed E-state index contributed by atoms with van der Waals surface area (Å²) in [4.78, 5) is 17.5. The number of nitrogens with zero attached hydrogens (tertiary/aromatic N) is 2. The quantitative estimate of drug-likeness (QED) is 0.508. The number of rotatable bonds is 5. The Bertz CT molecular complexity index is 1140. The van der Waals surface area contributed by atoms with Crippen LogP contribution in [0.25, 0.3) is 11.0 Å². The van der Waals surface area contributed by atoms with Crippen molar-refractivity contribution in [3.63, 3.8) is 0 Å². The molecule has 0 aliphatic heterocycles. The lowest BCUT2D eigenvalue weighted by Gasteiger charge is -2.11. The van der Waals surface area contributed by atoms with Gasteiger partial charge in [-0.25, -0.2) is 4.98 Å². The highest BCUT2D eigenvalue weighted by Crippen LogP contribution is 2.23. The molecule has 4 aromatic rings. The summed E-state index contributed by atoms with van der Waals surface area (Å²) >= 11 is 6.26. The molecule has 1 heterocycles. The second kappa shape index (κ2) is 7.87. The molecule has 0 unspecified atom stereocenters. The maximum absolute atomic E-state index is 12.7. The van der Waals surface area contributed by atoms with E-state index in [2.05, 4.69) is 17.4 Å². The smallest absolute Gasteiger partial charge is 0.244 e. The van der Waals surface area contributed by atoms with Gasteiger partial charge in [-0.2, -0.15) is 0 Å². The van der Waals surface area contributed by atoms with E-state index in [1.807, 2.05) is 72.2 Å². The van der Waals surface area contributed by atoms with Crippen LogP contribution in [0, 0.1) is 6.92 Å². The van der Waals surface area contributed by atoms with Crippen molar-refractivity contribution in [3.8, 4) is 0 Å². The van der Waals surface area contributed by atoms with Crippen molar-refractivity contribution in [2.45, 2.75) is 19.9 Å². The zero-order chi connectivity index (χ0) is 19.5. The average molecular weight is 390 g/mol. The summed E-state index contributed by atoms with van der Waals surface area (Å²) in [6, 6.07) is 23.6. The molecule has 140 valence electrons. The van der Waals surface area contributed by atoms with Crippen LogP contribution < -0.4 is 5.32 Å². The monoisotopic (exact) mass is 389 g/mol. The van der Waals surface area contributed by atoms with E-state index in [-0.39, 0.29) is 12.5 Å². The first-order valence-electron chi connectivity index (χ1n) is 9.14. The minimum atomic E-state index is -0.136. The maximum atomic E-state index is 12.7. The number of halogens is 1. The summed E-state index contributed by atoms with van der Waals surface area (Å²) in [5.41, 5.74) is 4.65. The Morgan fingerprint density at radius 3 is 2.57 bits per heavy atom. The van der Waals surface area contributed by atoms with Gasteiger partial charge in [0.15, 0.2) is 0 Å². The number of nitrogens with one attached hydrogen (secondary N) is 1. The molecule has 4 nitrogen and oxygen atoms in total. The van der Waals surface area contributed by atoms with Gasteiger partial charge in [0.25, 0.3) is 0 Å². The van der Waals surface area contributed by atoms with Gasteiger partial charge >= 0.3 is 0 Å². The highest BCUT2D eigenvalue weighted by molar-refractivity contribution is 6.33. The predicted molar refractivity (Wildman–Crippen MR) is 114 cm³/mol. The number of anilines is 1. The maximum Gasteiger partial charge on any atom is 0.244 e. The third-order valence-electron chi connectivity index (χ3n) is 4.64. The van der Waals surface area contributed by atoms with E-state index in [4.69, 9.17) is 16.6 Å². The lowest BCUT2D eigenvalue weighted by molar-refractivity contribution is -0.116. The van der Waals surface area contributed by atoms with Crippen LogP contribution in [0.1, 0.15) is 17.0 Å². The van der Waals surface area contributed by atoms with E-state index in [1.165, 1.54) is 0 Å². The number of carbonyl (C=O) groups is 1. The fraction of sp³-hybridized carbons (Fsp3) is 0.130. The number of para-hydroxylation sites is 2. The average Bonchev–Trinajstić information content (AvgIpc) is 3.02. The Morgan fingerprint density at radius 2 is 1.79 bits per heavy atom. The highest BCUT2D eigenvalue weighted by Gasteiger charge is 2.15. The van der Waals surface area contributed by atoms with Crippen molar-refractivity contribution >= 4 is 34.2 Å². The van der Waals surface area contributed by atoms with Crippen molar-refractivity contribution in [2.75, 3.05) is 5.32 Å². The number of aryl methyl sites for hydroxylation is 1. The number of fused-ring (bicyclic) bond motifs is 1. The summed E-state index contributed by atoms with van der Waals surface area (Å²) in [5, 5.41) is 3.45. The van der Waals surface area contributed by atoms with Crippen LogP contribution in [0.2, 0.25) is 5.02 Å². The van der Waals surface area contributed by atoms with Crippen LogP contribution in [0.4, 0.5) is 5.69 Å². The van der Waals surface area contributed by atoms with Gasteiger partial charge in [-0.15, -0.1) is 0 Å². The van der Waals surface area contributed by atoms with E-state index in [0.717, 1.165) is 28.0 Å². The molecular weight excluding hydrogens is 370 g/mol. The first kappa shape index (κ1) is 18.3. The van der Waals surface area contributed by atoms with Gasteiger partial charge in [0.2, 0.25) is 5.91 Å². The number of benzene rings is 3. The van der Waals surface area contributed by atoms with Gasteiger partial charge in [-0.05, 0) is 42.3 Å². The van der Waals surface area contributed by atoms with Crippen LogP contribution in [0.3, 0.4) is 0 Å². The van der Waals surface area contributed by atoms with Gasteiger partial charge in [0.1, 0.15) is 12.4 Å². The first-order chi connectivity index (χ1) is 13.6. The first-order valence-corrected chi connectivity index (χ1v) is 9.52. The third-order valence-corrected chi connectivity index (χ3v) is 4.95. The van der Waals surface area contributed by atoms with Crippen molar-refractivity contribution in [2.24, 2.45) is 0 Å². The SMILES string of the molecule is Cc1ccc(NC(=O)Cn2c(Cc3ccccc3)nc3ccccc32)c(Cl)c1. The Hall–Kier alpha value is -3.11. The molecule has 0 saturated heterocycles. The topological polar surface area (TPSA) is 46.9 Å². The third kappa shape index (κ3) is 3.92. The van der Waals surface area contributed by atoms with Crippen LogP contribution in [0.15, 0.2) is 72.8 Å². The lowest BCUT2D eigenvalue weighted by atomic mass is 10.1. The van der Waals surface area contributed by atoms with Crippen LogP contribution in [-0.4, -0.2) is 15.5 Å². The van der Waals surface area contributed by atoms with Crippen molar-refractivity contribution in [1.29, 1.82) is 0 Å². The second-order valence-corrected chi connectivity index (χ2v) is 7.20. The van der Waals surface area contributed by atoms with Crippen molar-refractivity contribution < 1.29 is 4.79 Å². The molecule has 0 spiro atoms. The lowest BCUT2D eigenvalue weighted by Crippen LogP contribution is -2.20. The molecule has 0 fully saturated rings. The summed E-state index contributed by atoms with van der Waals surface area (Å²) in [7, 11) is 0. The summed E-state index contributed by atoms with van der Waals surface area (Å²) in [5.74, 6) is 0.723. The minimum Gasteiger partial charge on any atom is -0.323 e.